The number of anilines is 1. The number of methoxy groups -OCH3 is 1. The lowest BCUT2D eigenvalue weighted by atomic mass is 9.93. The zero-order valence-corrected chi connectivity index (χ0v) is 41.0. The lowest BCUT2D eigenvalue weighted by Gasteiger charge is -2.29. The van der Waals surface area contributed by atoms with Crippen molar-refractivity contribution in [2.75, 3.05) is 38.1 Å². The summed E-state index contributed by atoms with van der Waals surface area (Å²) < 4.78 is 42.7. The van der Waals surface area contributed by atoms with Crippen LogP contribution in [0.15, 0.2) is 90.3 Å². The molecule has 1 saturated heterocycles. The molecule has 4 heterocycles. The largest absolute Gasteiger partial charge is 0.493 e. The molecule has 366 valence electrons. The summed E-state index contributed by atoms with van der Waals surface area (Å²) in [5.41, 5.74) is 5.43. The second-order valence-corrected chi connectivity index (χ2v) is 20.8. The molecule has 0 radical (unpaired) electrons. The summed E-state index contributed by atoms with van der Waals surface area (Å²) in [6.07, 6.45) is 4.32. The van der Waals surface area contributed by atoms with Gasteiger partial charge in [-0.1, -0.05) is 48.5 Å². The number of benzene rings is 4. The smallest absolute Gasteiger partial charge is 0.264 e. The van der Waals surface area contributed by atoms with Gasteiger partial charge >= 0.3 is 0 Å². The molecule has 70 heavy (non-hydrogen) atoms. The second-order valence-electron chi connectivity index (χ2n) is 17.6. The molecule has 5 aromatic rings. The molecule has 18 heteroatoms. The molecule has 1 fully saturated rings. The molecule has 3 atom stereocenters. The van der Waals surface area contributed by atoms with Gasteiger partial charge in [-0.3, -0.25) is 39.0 Å². The summed E-state index contributed by atoms with van der Waals surface area (Å²) in [7, 11) is -0.299. The number of hydrogen-bond acceptors (Lipinski definition) is 13. The molecule has 3 aliphatic rings. The number of ether oxygens (including phenoxy) is 3. The maximum Gasteiger partial charge on any atom is 0.264 e. The summed E-state index contributed by atoms with van der Waals surface area (Å²) in [6.45, 7) is 2.67. The zero-order valence-electron chi connectivity index (χ0n) is 39.4. The topological polar surface area (TPSA) is 207 Å². The Hall–Kier alpha value is -6.89. The van der Waals surface area contributed by atoms with E-state index in [4.69, 9.17) is 14.2 Å². The van der Waals surface area contributed by atoms with Gasteiger partial charge < -0.3 is 29.7 Å². The number of piperidine rings is 1. The van der Waals surface area contributed by atoms with E-state index in [1.165, 1.54) is 24.5 Å². The Morgan fingerprint density at radius 3 is 2.37 bits per heavy atom. The van der Waals surface area contributed by atoms with Crippen molar-refractivity contribution < 1.29 is 51.4 Å². The molecule has 16 nitrogen and oxygen atoms in total. The normalized spacial score (nSPS) is 16.5. The average Bonchev–Trinajstić information content (AvgIpc) is 3.97. The number of nitrogens with one attached hydrogen (secondary N) is 3. The number of aryl methyl sites for hydroxylation is 1. The Labute approximate surface area is 410 Å². The number of sulfone groups is 1. The van der Waals surface area contributed by atoms with Gasteiger partial charge in [0.1, 0.15) is 28.2 Å². The molecule has 4 aromatic carbocycles. The van der Waals surface area contributed by atoms with Gasteiger partial charge in [-0.2, -0.15) is 0 Å². The molecule has 3 N–H and O–H groups in total. The average molecular weight is 990 g/mol. The number of imide groups is 2. The van der Waals surface area contributed by atoms with Crippen molar-refractivity contribution in [2.45, 2.75) is 83.1 Å². The molecule has 0 aliphatic carbocycles. The van der Waals surface area contributed by atoms with Crippen LogP contribution in [0.2, 0.25) is 0 Å². The van der Waals surface area contributed by atoms with Crippen LogP contribution >= 0.6 is 11.3 Å². The van der Waals surface area contributed by atoms with E-state index in [0.717, 1.165) is 51.1 Å². The maximum absolute atomic E-state index is 14.2. The van der Waals surface area contributed by atoms with Crippen molar-refractivity contribution in [2.24, 2.45) is 0 Å². The van der Waals surface area contributed by atoms with Crippen molar-refractivity contribution in [3.63, 3.8) is 0 Å². The van der Waals surface area contributed by atoms with Crippen molar-refractivity contribution >= 4 is 62.3 Å². The fourth-order valence-corrected chi connectivity index (χ4v) is 11.2. The third kappa shape index (κ3) is 10.9. The molecular formula is C52H55N5O11S2. The first-order chi connectivity index (χ1) is 33.7. The number of nitrogens with zero attached hydrogens (tertiary/aromatic N) is 2. The zero-order chi connectivity index (χ0) is 49.7. The molecular weight excluding hydrogens is 935 g/mol. The van der Waals surface area contributed by atoms with E-state index < -0.39 is 45.4 Å². The van der Waals surface area contributed by atoms with Crippen LogP contribution in [0, 0.1) is 0 Å². The number of hydrogen-bond donors (Lipinski definition) is 3. The SMILES string of the molecule is CCOc1cc([C@@H](CS(C)(=O)=O)N2C(=O)c3cccc(NC(=O)CCCc4ccccc4CC(Cc4ccc(OCc5scc6c5CN(C5CCC(=O)NC5=O)C6=O)cc4)NC)c3C2=O)ccc1OC. The third-order valence-corrected chi connectivity index (χ3v) is 14.8. The molecule has 3 aliphatic heterocycles. The Balaban J connectivity index is 0.850. The number of thiophene rings is 1. The first-order valence-electron chi connectivity index (χ1n) is 23.1. The molecule has 8 rings (SSSR count). The maximum atomic E-state index is 14.2. The van der Waals surface area contributed by atoms with Crippen LogP contribution in [0.1, 0.15) is 102 Å². The van der Waals surface area contributed by atoms with E-state index in [1.54, 1.807) is 42.2 Å². The third-order valence-electron chi connectivity index (χ3n) is 12.9. The predicted molar refractivity (Wildman–Crippen MR) is 263 cm³/mol. The minimum Gasteiger partial charge on any atom is -0.493 e. The van der Waals surface area contributed by atoms with Gasteiger partial charge in [-0.25, -0.2) is 8.42 Å². The number of amides is 6. The monoisotopic (exact) mass is 989 g/mol. The van der Waals surface area contributed by atoms with Crippen LogP contribution < -0.4 is 30.2 Å². The van der Waals surface area contributed by atoms with Crippen LogP contribution in [0.4, 0.5) is 5.69 Å². The molecule has 1 aromatic heterocycles. The quantitative estimate of drug-likeness (QED) is 0.0702. The van der Waals surface area contributed by atoms with Crippen molar-refractivity contribution in [3.8, 4) is 17.2 Å². The lowest BCUT2D eigenvalue weighted by Crippen LogP contribution is -2.52. The molecule has 6 amide bonds. The predicted octanol–water partition coefficient (Wildman–Crippen LogP) is 6.21. The Kier molecular flexibility index (Phi) is 15.1. The van der Waals surface area contributed by atoms with Crippen molar-refractivity contribution in [1.82, 2.24) is 20.4 Å². The van der Waals surface area contributed by atoms with E-state index in [9.17, 15) is 37.2 Å². The number of likely N-dealkylation sites (N-methyl/N-ethyl adjacent to an activating group) is 1. The number of carbonyl (C=O) groups excluding carboxylic acids is 6. The summed E-state index contributed by atoms with van der Waals surface area (Å²) in [5, 5.41) is 10.5. The van der Waals surface area contributed by atoms with Gasteiger partial charge in [0.15, 0.2) is 11.5 Å². The van der Waals surface area contributed by atoms with E-state index in [0.29, 0.717) is 60.8 Å². The van der Waals surface area contributed by atoms with Crippen molar-refractivity contribution in [3.05, 3.63) is 140 Å². The van der Waals surface area contributed by atoms with E-state index >= 15 is 0 Å². The summed E-state index contributed by atoms with van der Waals surface area (Å²) in [4.78, 5) is 82.2. The van der Waals surface area contributed by atoms with Crippen molar-refractivity contribution in [1.29, 1.82) is 0 Å². The number of rotatable bonds is 21. The molecule has 0 bridgehead atoms. The van der Waals surface area contributed by atoms with E-state index in [2.05, 4.69) is 28.1 Å². The highest BCUT2D eigenvalue weighted by atomic mass is 32.2. The van der Waals surface area contributed by atoms with Gasteiger partial charge in [-0.05, 0) is 105 Å². The lowest BCUT2D eigenvalue weighted by molar-refractivity contribution is -0.137. The highest BCUT2D eigenvalue weighted by Gasteiger charge is 2.44. The van der Waals surface area contributed by atoms with Gasteiger partial charge in [0.2, 0.25) is 17.7 Å². The van der Waals surface area contributed by atoms with Crippen LogP contribution in [0.25, 0.3) is 0 Å². The van der Waals surface area contributed by atoms with Gasteiger partial charge in [-0.15, -0.1) is 11.3 Å². The fraction of sp³-hybridized carbons (Fsp3) is 0.346. The Morgan fingerprint density at radius 1 is 0.886 bits per heavy atom. The Morgan fingerprint density at radius 2 is 1.66 bits per heavy atom. The van der Waals surface area contributed by atoms with Crippen LogP contribution in [0.3, 0.4) is 0 Å². The number of fused-ring (bicyclic) bond motifs is 2. The minimum absolute atomic E-state index is 0.00473. The summed E-state index contributed by atoms with van der Waals surface area (Å²) >= 11 is 1.46. The van der Waals surface area contributed by atoms with Gasteiger partial charge in [0.25, 0.3) is 17.7 Å². The second kappa shape index (κ2) is 21.4. The molecule has 0 saturated carbocycles. The standard InChI is InChI=1S/C52H55N5O11S2/c1-5-67-44-26-34(18-22-43(44)66-3)42(30-70(4,64)65)57-51(62)37-13-9-14-40(48(37)52(57)63)54-46(58)15-8-12-32-10-6-7-11-33(32)25-35(53-2)24-31-16-19-36(20-17-31)68-28-45-38-27-56(50(61)39(38)29-69-45)41-21-23-47(59)55-49(41)60/h6-7,9-11,13-14,16-20,22,26,29,35,41-42,53H,5,8,12,15,21,23-25,27-28,30H2,1-4H3,(H,54,58)(H,55,59,60)/t35?,41?,42-/m1/s1. The van der Waals surface area contributed by atoms with Gasteiger partial charge in [0.05, 0.1) is 47.9 Å². The van der Waals surface area contributed by atoms with E-state index in [1.807, 2.05) is 48.8 Å². The van der Waals surface area contributed by atoms with Crippen LogP contribution in [-0.2, 0) is 56.6 Å². The summed E-state index contributed by atoms with van der Waals surface area (Å²) in [6, 6.07) is 23.7. The summed E-state index contributed by atoms with van der Waals surface area (Å²) in [5.74, 6) is -1.77. The van der Waals surface area contributed by atoms with E-state index in [-0.39, 0.29) is 60.0 Å². The first kappa shape index (κ1) is 49.5. The minimum atomic E-state index is -3.71. The molecule has 0 spiro atoms. The Bertz CT molecular complexity index is 2950. The van der Waals surface area contributed by atoms with Gasteiger partial charge in [0, 0.05) is 47.5 Å². The fourth-order valence-electron chi connectivity index (χ4n) is 9.34. The molecule has 2 unspecified atom stereocenters. The first-order valence-corrected chi connectivity index (χ1v) is 26.1. The van der Waals surface area contributed by atoms with Crippen LogP contribution in [-0.4, -0.2) is 98.5 Å². The highest BCUT2D eigenvalue weighted by Crippen LogP contribution is 2.39. The highest BCUT2D eigenvalue weighted by molar-refractivity contribution is 7.90. The number of carbonyl (C=O) groups is 6. The van der Waals surface area contributed by atoms with Crippen LogP contribution in [0.5, 0.6) is 17.2 Å².